The van der Waals surface area contributed by atoms with E-state index < -0.39 is 0 Å². The summed E-state index contributed by atoms with van der Waals surface area (Å²) < 4.78 is 5.67. The number of unbranched alkanes of at least 4 members (excludes halogenated alkanes) is 3. The van der Waals surface area contributed by atoms with Crippen LogP contribution in [0.1, 0.15) is 51.9 Å². The van der Waals surface area contributed by atoms with Crippen LogP contribution < -0.4 is 0 Å². The van der Waals surface area contributed by atoms with Gasteiger partial charge in [-0.2, -0.15) is 0 Å². The van der Waals surface area contributed by atoms with Gasteiger partial charge in [0.05, 0.1) is 12.7 Å². The lowest BCUT2D eigenvalue weighted by Gasteiger charge is -2.24. The molecule has 1 nitrogen and oxygen atoms in total. The van der Waals surface area contributed by atoms with Gasteiger partial charge in [0.25, 0.3) is 0 Å². The summed E-state index contributed by atoms with van der Waals surface area (Å²) in [6.45, 7) is 7.18. The molecule has 0 radical (unpaired) electrons. The summed E-state index contributed by atoms with van der Waals surface area (Å²) in [5.74, 6) is 0. The van der Waals surface area contributed by atoms with Crippen molar-refractivity contribution in [3.63, 3.8) is 0 Å². The van der Waals surface area contributed by atoms with Gasteiger partial charge >= 0.3 is 0 Å². The molecule has 0 spiro atoms. The van der Waals surface area contributed by atoms with E-state index in [1.54, 1.807) is 0 Å². The first kappa shape index (κ1) is 10.8. The quantitative estimate of drug-likeness (QED) is 0.465. The molecule has 0 aliphatic carbocycles. The van der Waals surface area contributed by atoms with Crippen LogP contribution in [-0.2, 0) is 4.74 Å². The van der Waals surface area contributed by atoms with Crippen molar-refractivity contribution < 1.29 is 4.74 Å². The molecule has 0 aromatic heterocycles. The second-order valence-corrected chi connectivity index (χ2v) is 4.05. The minimum Gasteiger partial charge on any atom is -0.378 e. The zero-order chi connectivity index (χ0) is 9.52. The molecule has 1 rings (SSSR count). The third kappa shape index (κ3) is 4.47. The van der Waals surface area contributed by atoms with Gasteiger partial charge in [-0.1, -0.05) is 44.8 Å². The van der Waals surface area contributed by atoms with E-state index in [1.165, 1.54) is 37.7 Å². The Labute approximate surface area is 82.2 Å². The van der Waals surface area contributed by atoms with Gasteiger partial charge in [0.15, 0.2) is 0 Å². The van der Waals surface area contributed by atoms with Crippen LogP contribution >= 0.6 is 0 Å². The fourth-order valence-electron chi connectivity index (χ4n) is 1.84. The fraction of sp³-hybridized carbons (Fsp3) is 0.833. The largest absolute Gasteiger partial charge is 0.378 e. The molecule has 13 heavy (non-hydrogen) atoms. The number of rotatable bonds is 5. The maximum atomic E-state index is 5.67. The maximum absolute atomic E-state index is 5.67. The summed E-state index contributed by atoms with van der Waals surface area (Å²) in [7, 11) is 0. The predicted molar refractivity (Wildman–Crippen MR) is 56.9 cm³/mol. The van der Waals surface area contributed by atoms with Crippen LogP contribution in [0.4, 0.5) is 0 Å². The summed E-state index contributed by atoms with van der Waals surface area (Å²) in [4.78, 5) is 0. The topological polar surface area (TPSA) is 9.23 Å². The molecule has 1 fully saturated rings. The van der Waals surface area contributed by atoms with Crippen LogP contribution in [0.2, 0.25) is 0 Å². The first-order chi connectivity index (χ1) is 6.33. The Bertz CT molecular complexity index is 151. The highest BCUT2D eigenvalue weighted by Gasteiger charge is 2.15. The minimum absolute atomic E-state index is 0.484. The van der Waals surface area contributed by atoms with Gasteiger partial charge in [-0.3, -0.25) is 0 Å². The first-order valence-electron chi connectivity index (χ1n) is 5.61. The van der Waals surface area contributed by atoms with Gasteiger partial charge in [-0.25, -0.2) is 0 Å². The zero-order valence-electron chi connectivity index (χ0n) is 8.85. The van der Waals surface area contributed by atoms with Crippen molar-refractivity contribution in [1.82, 2.24) is 0 Å². The Morgan fingerprint density at radius 1 is 1.38 bits per heavy atom. The van der Waals surface area contributed by atoms with E-state index in [4.69, 9.17) is 4.74 Å². The average molecular weight is 182 g/mol. The molecule has 0 saturated carbocycles. The molecule has 76 valence electrons. The average Bonchev–Trinajstić information content (AvgIpc) is 2.13. The van der Waals surface area contributed by atoms with Crippen LogP contribution in [-0.4, -0.2) is 12.7 Å². The second kappa shape index (κ2) is 6.20. The molecule has 1 aliphatic rings. The Hall–Kier alpha value is -0.300. The normalized spacial score (nSPS) is 23.5. The van der Waals surface area contributed by atoms with Crippen molar-refractivity contribution in [2.75, 3.05) is 6.61 Å². The minimum atomic E-state index is 0.484. The van der Waals surface area contributed by atoms with Gasteiger partial charge in [-0.15, -0.1) is 0 Å². The molecule has 0 aromatic rings. The van der Waals surface area contributed by atoms with E-state index in [2.05, 4.69) is 13.5 Å². The van der Waals surface area contributed by atoms with E-state index in [1.807, 2.05) is 0 Å². The van der Waals surface area contributed by atoms with Gasteiger partial charge < -0.3 is 4.74 Å². The summed E-state index contributed by atoms with van der Waals surface area (Å²) in [5, 5.41) is 0. The summed E-state index contributed by atoms with van der Waals surface area (Å²) in [5.41, 5.74) is 1.38. The smallest absolute Gasteiger partial charge is 0.0612 e. The highest BCUT2D eigenvalue weighted by atomic mass is 16.5. The van der Waals surface area contributed by atoms with Crippen LogP contribution in [0.25, 0.3) is 0 Å². The molecule has 1 heteroatoms. The van der Waals surface area contributed by atoms with E-state index >= 15 is 0 Å². The van der Waals surface area contributed by atoms with E-state index in [9.17, 15) is 0 Å². The molecule has 0 bridgehead atoms. The molecule has 1 unspecified atom stereocenters. The van der Waals surface area contributed by atoms with Gasteiger partial charge in [0.2, 0.25) is 0 Å². The molecule has 1 saturated heterocycles. The Morgan fingerprint density at radius 2 is 2.23 bits per heavy atom. The molecule has 1 aliphatic heterocycles. The van der Waals surface area contributed by atoms with Gasteiger partial charge in [-0.05, 0) is 19.3 Å². The Balaban J connectivity index is 2.03. The lowest BCUT2D eigenvalue weighted by molar-refractivity contribution is 0.0291. The summed E-state index contributed by atoms with van der Waals surface area (Å²) in [6, 6.07) is 0. The lowest BCUT2D eigenvalue weighted by Crippen LogP contribution is -2.20. The molecule has 0 aromatic carbocycles. The van der Waals surface area contributed by atoms with Gasteiger partial charge in [0.1, 0.15) is 0 Å². The number of ether oxygens (including phenoxy) is 1. The Morgan fingerprint density at radius 3 is 2.92 bits per heavy atom. The first-order valence-corrected chi connectivity index (χ1v) is 5.61. The highest BCUT2D eigenvalue weighted by molar-refractivity contribution is 4.98. The van der Waals surface area contributed by atoms with Gasteiger partial charge in [0, 0.05) is 0 Å². The molecule has 0 N–H and O–H groups in total. The maximum Gasteiger partial charge on any atom is 0.0612 e. The molecule has 1 heterocycles. The molecular weight excluding hydrogens is 160 g/mol. The van der Waals surface area contributed by atoms with E-state index in [-0.39, 0.29) is 0 Å². The Kier molecular flexibility index (Phi) is 5.14. The monoisotopic (exact) mass is 182 g/mol. The summed E-state index contributed by atoms with van der Waals surface area (Å²) >= 11 is 0. The van der Waals surface area contributed by atoms with Crippen molar-refractivity contribution in [2.24, 2.45) is 0 Å². The van der Waals surface area contributed by atoms with Crippen LogP contribution in [0, 0.1) is 0 Å². The zero-order valence-corrected chi connectivity index (χ0v) is 8.85. The van der Waals surface area contributed by atoms with Crippen molar-refractivity contribution in [2.45, 2.75) is 58.0 Å². The summed E-state index contributed by atoms with van der Waals surface area (Å²) in [6.07, 6.45) is 9.27. The molecule has 0 amide bonds. The van der Waals surface area contributed by atoms with E-state index in [0.717, 1.165) is 19.4 Å². The van der Waals surface area contributed by atoms with Crippen molar-refractivity contribution in [3.8, 4) is 0 Å². The predicted octanol–water partition coefficient (Wildman–Crippen LogP) is 3.69. The van der Waals surface area contributed by atoms with Crippen LogP contribution in [0.3, 0.4) is 0 Å². The standard InChI is InChI=1S/C12H22O/c1-3-4-5-6-7-12-10-11(2)8-9-13-12/h12H,2-10H2,1H3. The third-order valence-corrected chi connectivity index (χ3v) is 2.71. The lowest BCUT2D eigenvalue weighted by atomic mass is 9.99. The van der Waals surface area contributed by atoms with Crippen molar-refractivity contribution >= 4 is 0 Å². The van der Waals surface area contributed by atoms with Crippen LogP contribution in [0.15, 0.2) is 12.2 Å². The van der Waals surface area contributed by atoms with E-state index in [0.29, 0.717) is 6.10 Å². The molecule has 1 atom stereocenters. The fourth-order valence-corrected chi connectivity index (χ4v) is 1.84. The number of hydrogen-bond donors (Lipinski definition) is 0. The van der Waals surface area contributed by atoms with Crippen molar-refractivity contribution in [1.29, 1.82) is 0 Å². The van der Waals surface area contributed by atoms with Crippen LogP contribution in [0.5, 0.6) is 0 Å². The highest BCUT2D eigenvalue weighted by Crippen LogP contribution is 2.21. The molecular formula is C12H22O. The SMILES string of the molecule is C=C1CCOC(CCCCCC)C1. The third-order valence-electron chi connectivity index (χ3n) is 2.71. The second-order valence-electron chi connectivity index (χ2n) is 4.05. The van der Waals surface area contributed by atoms with Crippen molar-refractivity contribution in [3.05, 3.63) is 12.2 Å². The number of hydrogen-bond acceptors (Lipinski definition) is 1.